The van der Waals surface area contributed by atoms with Crippen molar-refractivity contribution >= 4 is 5.97 Å². The predicted molar refractivity (Wildman–Crippen MR) is 108 cm³/mol. The van der Waals surface area contributed by atoms with Gasteiger partial charge in [-0.3, -0.25) is 4.79 Å². The van der Waals surface area contributed by atoms with E-state index in [1.807, 2.05) is 32.0 Å². The van der Waals surface area contributed by atoms with E-state index in [2.05, 4.69) is 45.6 Å². The summed E-state index contributed by atoms with van der Waals surface area (Å²) < 4.78 is 12.2. The van der Waals surface area contributed by atoms with Crippen molar-refractivity contribution in [3.05, 3.63) is 59.7 Å². The van der Waals surface area contributed by atoms with E-state index in [1.165, 1.54) is 0 Å². The maximum Gasteiger partial charge on any atom is 0.319 e. The van der Waals surface area contributed by atoms with Gasteiger partial charge in [0.05, 0.1) is 19.3 Å². The lowest BCUT2D eigenvalue weighted by Gasteiger charge is -2.43. The maximum absolute atomic E-state index is 13.5. The summed E-state index contributed by atoms with van der Waals surface area (Å²) in [4.78, 5) is 13.5. The van der Waals surface area contributed by atoms with Crippen molar-refractivity contribution in [1.29, 1.82) is 0 Å². The normalized spacial score (nSPS) is 31.3. The Hall–Kier alpha value is -1.87. The highest BCUT2D eigenvalue weighted by molar-refractivity contribution is 5.86. The van der Waals surface area contributed by atoms with Gasteiger partial charge in [0, 0.05) is 0 Å². The first-order valence-corrected chi connectivity index (χ1v) is 9.88. The standard InChI is InChI=1S/C24H32O3/c1-7-26-21(25)24-19(17(2)3)13-14-23(24,6)16-22(4,5)20(24)27-15-18-11-9-8-10-12-18/h8-13,20H,2,7,14-16H2,1,3-6H3/t20-,23+,24-/m1/s1. The van der Waals surface area contributed by atoms with E-state index in [1.54, 1.807) is 0 Å². The molecule has 0 spiro atoms. The highest BCUT2D eigenvalue weighted by atomic mass is 16.5. The van der Waals surface area contributed by atoms with E-state index in [9.17, 15) is 4.79 Å². The van der Waals surface area contributed by atoms with Gasteiger partial charge in [0.15, 0.2) is 0 Å². The Morgan fingerprint density at radius 2 is 1.89 bits per heavy atom. The lowest BCUT2D eigenvalue weighted by atomic mass is 9.63. The molecular weight excluding hydrogens is 336 g/mol. The average molecular weight is 369 g/mol. The number of fused-ring (bicyclic) bond motifs is 1. The van der Waals surface area contributed by atoms with E-state index < -0.39 is 5.41 Å². The largest absolute Gasteiger partial charge is 0.465 e. The van der Waals surface area contributed by atoms with Crippen molar-refractivity contribution in [2.75, 3.05) is 6.61 Å². The van der Waals surface area contributed by atoms with Crippen molar-refractivity contribution in [3.8, 4) is 0 Å². The van der Waals surface area contributed by atoms with Crippen LogP contribution in [-0.2, 0) is 20.9 Å². The molecule has 0 N–H and O–H groups in total. The molecule has 0 unspecified atom stereocenters. The van der Waals surface area contributed by atoms with Crippen LogP contribution in [0.4, 0.5) is 0 Å². The molecule has 0 aromatic heterocycles. The summed E-state index contributed by atoms with van der Waals surface area (Å²) in [5, 5.41) is 0. The lowest BCUT2D eigenvalue weighted by Crippen LogP contribution is -2.51. The summed E-state index contributed by atoms with van der Waals surface area (Å²) in [6, 6.07) is 10.1. The molecule has 0 amide bonds. The molecule has 0 saturated heterocycles. The number of ether oxygens (including phenoxy) is 2. The molecule has 27 heavy (non-hydrogen) atoms. The first-order chi connectivity index (χ1) is 12.7. The summed E-state index contributed by atoms with van der Waals surface area (Å²) in [5.41, 5.74) is 1.88. The van der Waals surface area contributed by atoms with Crippen LogP contribution >= 0.6 is 0 Å². The minimum atomic E-state index is -0.798. The zero-order chi connectivity index (χ0) is 19.9. The van der Waals surface area contributed by atoms with Gasteiger partial charge in [-0.05, 0) is 48.7 Å². The van der Waals surface area contributed by atoms with Crippen LogP contribution in [0.25, 0.3) is 0 Å². The molecule has 3 rings (SSSR count). The molecule has 0 bridgehead atoms. The molecule has 0 aliphatic heterocycles. The molecule has 0 heterocycles. The van der Waals surface area contributed by atoms with Crippen molar-refractivity contribution in [2.45, 2.75) is 60.2 Å². The van der Waals surface area contributed by atoms with Crippen LogP contribution in [0.15, 0.2) is 54.1 Å². The van der Waals surface area contributed by atoms with Crippen molar-refractivity contribution in [2.24, 2.45) is 16.2 Å². The Labute approximate surface area is 163 Å². The van der Waals surface area contributed by atoms with Crippen molar-refractivity contribution < 1.29 is 14.3 Å². The van der Waals surface area contributed by atoms with Crippen LogP contribution in [0.1, 0.15) is 53.0 Å². The summed E-state index contributed by atoms with van der Waals surface area (Å²) in [5.74, 6) is -0.164. The van der Waals surface area contributed by atoms with Gasteiger partial charge in [-0.15, -0.1) is 0 Å². The molecule has 2 aliphatic carbocycles. The van der Waals surface area contributed by atoms with E-state index in [4.69, 9.17) is 9.47 Å². The fraction of sp³-hybridized carbons (Fsp3) is 0.542. The summed E-state index contributed by atoms with van der Waals surface area (Å²) in [6.07, 6.45) is 3.68. The van der Waals surface area contributed by atoms with Crippen LogP contribution in [0.5, 0.6) is 0 Å². The molecule has 1 aromatic rings. The van der Waals surface area contributed by atoms with Gasteiger partial charge < -0.3 is 9.47 Å². The Kier molecular flexibility index (Phi) is 5.11. The van der Waals surface area contributed by atoms with Gasteiger partial charge in [0.25, 0.3) is 0 Å². The molecule has 3 heteroatoms. The van der Waals surface area contributed by atoms with E-state index in [-0.39, 0.29) is 22.9 Å². The van der Waals surface area contributed by atoms with Gasteiger partial charge in [0.1, 0.15) is 5.41 Å². The Balaban J connectivity index is 2.07. The second-order valence-corrected chi connectivity index (χ2v) is 9.03. The summed E-state index contributed by atoms with van der Waals surface area (Å²) in [7, 11) is 0. The molecule has 3 atom stereocenters. The molecule has 1 aromatic carbocycles. The van der Waals surface area contributed by atoms with Crippen LogP contribution in [-0.4, -0.2) is 18.7 Å². The number of rotatable bonds is 6. The van der Waals surface area contributed by atoms with E-state index >= 15 is 0 Å². The van der Waals surface area contributed by atoms with Crippen molar-refractivity contribution in [1.82, 2.24) is 0 Å². The summed E-state index contributed by atoms with van der Waals surface area (Å²) in [6.45, 7) is 15.5. The zero-order valence-electron chi connectivity index (χ0n) is 17.3. The maximum atomic E-state index is 13.5. The number of allylic oxidation sites excluding steroid dienone is 2. The first-order valence-electron chi connectivity index (χ1n) is 9.88. The van der Waals surface area contributed by atoms with Crippen LogP contribution < -0.4 is 0 Å². The molecule has 1 fully saturated rings. The number of esters is 1. The fourth-order valence-corrected chi connectivity index (χ4v) is 5.65. The van der Waals surface area contributed by atoms with Gasteiger partial charge in [-0.1, -0.05) is 69.3 Å². The molecular formula is C24H32O3. The smallest absolute Gasteiger partial charge is 0.319 e. The molecule has 2 aliphatic rings. The Morgan fingerprint density at radius 3 is 2.48 bits per heavy atom. The van der Waals surface area contributed by atoms with E-state index in [0.717, 1.165) is 29.6 Å². The first kappa shape index (κ1) is 19.9. The molecule has 0 radical (unpaired) electrons. The van der Waals surface area contributed by atoms with Gasteiger partial charge in [-0.2, -0.15) is 0 Å². The molecule has 3 nitrogen and oxygen atoms in total. The number of hydrogen-bond acceptors (Lipinski definition) is 3. The predicted octanol–water partition coefficient (Wildman–Crippen LogP) is 5.46. The summed E-state index contributed by atoms with van der Waals surface area (Å²) >= 11 is 0. The minimum Gasteiger partial charge on any atom is -0.465 e. The van der Waals surface area contributed by atoms with Gasteiger partial charge in [0.2, 0.25) is 0 Å². The Morgan fingerprint density at radius 1 is 1.22 bits per heavy atom. The highest BCUT2D eigenvalue weighted by Crippen LogP contribution is 2.70. The second kappa shape index (κ2) is 6.94. The van der Waals surface area contributed by atoms with E-state index in [0.29, 0.717) is 13.2 Å². The SMILES string of the molecule is C=C(C)C1=CC[C@@]2(C)CC(C)(C)[C@@H](OCc3ccccc3)[C@@]12C(=O)OCC. The number of hydrogen-bond donors (Lipinski definition) is 0. The topological polar surface area (TPSA) is 35.5 Å². The number of carbonyl (C=O) groups is 1. The quantitative estimate of drug-likeness (QED) is 0.625. The minimum absolute atomic E-state index is 0.148. The number of carbonyl (C=O) groups excluding carboxylic acids is 1. The van der Waals surface area contributed by atoms with Crippen molar-refractivity contribution in [3.63, 3.8) is 0 Å². The van der Waals surface area contributed by atoms with Gasteiger partial charge >= 0.3 is 5.97 Å². The third-order valence-electron chi connectivity index (χ3n) is 6.40. The molecule has 146 valence electrons. The Bertz CT molecular complexity index is 761. The van der Waals surface area contributed by atoms with Crippen LogP contribution in [0.3, 0.4) is 0 Å². The fourth-order valence-electron chi connectivity index (χ4n) is 5.65. The van der Waals surface area contributed by atoms with Crippen LogP contribution in [0, 0.1) is 16.2 Å². The lowest BCUT2D eigenvalue weighted by molar-refractivity contribution is -0.171. The monoisotopic (exact) mass is 368 g/mol. The third-order valence-corrected chi connectivity index (χ3v) is 6.40. The third kappa shape index (κ3) is 2.97. The average Bonchev–Trinajstić information content (AvgIpc) is 2.97. The highest BCUT2D eigenvalue weighted by Gasteiger charge is 2.72. The molecule has 1 saturated carbocycles. The zero-order valence-corrected chi connectivity index (χ0v) is 17.3. The number of benzene rings is 1. The van der Waals surface area contributed by atoms with Gasteiger partial charge in [-0.25, -0.2) is 0 Å². The second-order valence-electron chi connectivity index (χ2n) is 9.03. The van der Waals surface area contributed by atoms with Crippen LogP contribution in [0.2, 0.25) is 0 Å².